The molecule has 4 aliphatic rings. The van der Waals surface area contributed by atoms with Crippen LogP contribution in [0.15, 0.2) is 36.5 Å². The summed E-state index contributed by atoms with van der Waals surface area (Å²) in [6.45, 7) is 16.0. The van der Waals surface area contributed by atoms with E-state index in [1.54, 1.807) is 24.9 Å². The Morgan fingerprint density at radius 3 is 2.45 bits per heavy atom. The molecule has 0 unspecified atom stereocenters. The van der Waals surface area contributed by atoms with E-state index in [0.29, 0.717) is 50.9 Å². The molecule has 324 valence electrons. The number of carbonyl (C=O) groups excluding carboxylic acids is 2. The fraction of sp³-hybridized carbons (Fsp3) is 0.750. The van der Waals surface area contributed by atoms with Crippen LogP contribution in [-0.4, -0.2) is 148 Å². The number of aliphatic hydroxyl groups is 3. The lowest BCUT2D eigenvalue weighted by atomic mass is 9.78. The monoisotopic (exact) mass is 812 g/mol. The van der Waals surface area contributed by atoms with Crippen LogP contribution >= 0.6 is 0 Å². The van der Waals surface area contributed by atoms with E-state index in [1.807, 2.05) is 77.0 Å². The summed E-state index contributed by atoms with van der Waals surface area (Å²) in [4.78, 5) is 36.6. The molecule has 4 fully saturated rings. The number of benzene rings is 1. The Labute approximate surface area is 343 Å². The number of fused-ring (bicyclic) bond motifs is 4. The lowest BCUT2D eigenvalue weighted by Crippen LogP contribution is -2.60. The highest BCUT2D eigenvalue weighted by Crippen LogP contribution is 2.48. The van der Waals surface area contributed by atoms with E-state index in [-0.39, 0.29) is 30.4 Å². The van der Waals surface area contributed by atoms with Gasteiger partial charge in [-0.15, -0.1) is 0 Å². The van der Waals surface area contributed by atoms with Gasteiger partial charge in [-0.05, 0) is 92.6 Å². The van der Waals surface area contributed by atoms with Crippen LogP contribution in [0.1, 0.15) is 97.9 Å². The first-order valence-corrected chi connectivity index (χ1v) is 21.3. The first-order valence-electron chi connectivity index (χ1n) is 21.3. The number of hydrogen-bond donors (Lipinski definition) is 4. The van der Waals surface area contributed by atoms with Gasteiger partial charge in [-0.3, -0.25) is 14.6 Å². The average Bonchev–Trinajstić information content (AvgIpc) is 3.27. The molecule has 6 rings (SSSR count). The van der Waals surface area contributed by atoms with Gasteiger partial charge in [0.25, 0.3) is 5.91 Å². The van der Waals surface area contributed by atoms with E-state index in [1.165, 1.54) is 6.92 Å². The molecule has 1 aromatic carbocycles. The van der Waals surface area contributed by atoms with Crippen LogP contribution < -0.4 is 5.32 Å². The molecule has 5 heterocycles. The van der Waals surface area contributed by atoms with Gasteiger partial charge < -0.3 is 54.1 Å². The molecule has 0 saturated carbocycles. The van der Waals surface area contributed by atoms with E-state index >= 15 is 0 Å². The Hall–Kier alpha value is -2.79. The number of esters is 1. The van der Waals surface area contributed by atoms with Gasteiger partial charge in [0.2, 0.25) is 0 Å². The summed E-state index contributed by atoms with van der Waals surface area (Å²) in [7, 11) is 3.86. The number of para-hydroxylation sites is 1. The van der Waals surface area contributed by atoms with E-state index in [0.717, 1.165) is 10.9 Å². The van der Waals surface area contributed by atoms with Gasteiger partial charge in [0.1, 0.15) is 23.9 Å². The molecule has 1 amide bonds. The van der Waals surface area contributed by atoms with Crippen molar-refractivity contribution < 1.29 is 48.6 Å². The normalized spacial score (nSPS) is 40.5. The fourth-order valence-corrected chi connectivity index (χ4v) is 9.97. The smallest absolute Gasteiger partial charge is 0.311 e. The average molecular weight is 813 g/mol. The summed E-state index contributed by atoms with van der Waals surface area (Å²) in [5.74, 6) is -3.39. The number of nitrogens with one attached hydrogen (secondary N) is 1. The van der Waals surface area contributed by atoms with Gasteiger partial charge >= 0.3 is 5.97 Å². The van der Waals surface area contributed by atoms with E-state index in [4.69, 9.17) is 23.7 Å². The summed E-state index contributed by atoms with van der Waals surface area (Å²) < 4.78 is 34.0. The Kier molecular flexibility index (Phi) is 13.6. The third-order valence-corrected chi connectivity index (χ3v) is 13.3. The van der Waals surface area contributed by atoms with Gasteiger partial charge in [0.15, 0.2) is 12.1 Å². The SMILES string of the molecule is CC[C@H]1OC(=O)[C@H](C)[C@H]2OC3(CCN(C(=O)c4cnc5ccccc5c4)CC3)O[C@](C)(C[C@@H](C)CN[C@H](C)[C@@H](O)[C@]1(C)O)[C@H](O[C@@H]1O[C@H](C)C[C@H](N(C)C)[C@H]1O)[C@H]2C. The number of likely N-dealkylation sites (tertiary alicyclic amines) is 1. The van der Waals surface area contributed by atoms with Crippen LogP contribution in [0.25, 0.3) is 10.9 Å². The molecule has 1 aromatic heterocycles. The maximum atomic E-state index is 14.3. The Morgan fingerprint density at radius 1 is 1.09 bits per heavy atom. The van der Waals surface area contributed by atoms with Crippen molar-refractivity contribution in [3.8, 4) is 0 Å². The van der Waals surface area contributed by atoms with Crippen molar-refractivity contribution in [2.75, 3.05) is 33.7 Å². The second-order valence-electron chi connectivity index (χ2n) is 18.4. The molecule has 1 spiro atoms. The number of rotatable bonds is 5. The molecular weight excluding hydrogens is 745 g/mol. The highest BCUT2D eigenvalue weighted by atomic mass is 16.7. The lowest BCUT2D eigenvalue weighted by molar-refractivity contribution is -0.331. The first kappa shape index (κ1) is 44.8. The van der Waals surface area contributed by atoms with E-state index in [2.05, 4.69) is 17.2 Å². The summed E-state index contributed by atoms with van der Waals surface area (Å²) in [5, 5.41) is 39.1. The highest BCUT2D eigenvalue weighted by molar-refractivity contribution is 5.97. The molecule has 0 radical (unpaired) electrons. The van der Waals surface area contributed by atoms with Crippen molar-refractivity contribution in [1.29, 1.82) is 0 Å². The minimum atomic E-state index is -1.75. The Morgan fingerprint density at radius 2 is 1.78 bits per heavy atom. The number of amides is 1. The van der Waals surface area contributed by atoms with Crippen LogP contribution in [0.2, 0.25) is 0 Å². The zero-order valence-electron chi connectivity index (χ0n) is 36.1. The van der Waals surface area contributed by atoms with Crippen LogP contribution in [0, 0.1) is 17.8 Å². The number of ether oxygens (including phenoxy) is 5. The second kappa shape index (κ2) is 17.7. The number of aliphatic hydroxyl groups excluding tert-OH is 2. The number of piperidine rings is 1. The zero-order chi connectivity index (χ0) is 42.3. The van der Waals surface area contributed by atoms with Crippen LogP contribution in [0.5, 0.6) is 0 Å². The third-order valence-electron chi connectivity index (χ3n) is 13.3. The van der Waals surface area contributed by atoms with E-state index in [9.17, 15) is 24.9 Å². The van der Waals surface area contributed by atoms with Gasteiger partial charge in [-0.2, -0.15) is 0 Å². The molecule has 4 aliphatic heterocycles. The maximum absolute atomic E-state index is 14.3. The fourth-order valence-electron chi connectivity index (χ4n) is 9.97. The van der Waals surface area contributed by atoms with Gasteiger partial charge in [-0.25, -0.2) is 0 Å². The predicted octanol–water partition coefficient (Wildman–Crippen LogP) is 3.88. The number of aromatic nitrogens is 1. The van der Waals surface area contributed by atoms with Crippen LogP contribution in [0.4, 0.5) is 0 Å². The summed E-state index contributed by atoms with van der Waals surface area (Å²) in [6.07, 6.45) is -2.38. The number of likely N-dealkylation sites (N-methyl/N-ethyl adjacent to an activating group) is 1. The summed E-state index contributed by atoms with van der Waals surface area (Å²) in [6, 6.07) is 8.80. The standard InChI is InChI=1S/C44H68N4O10/c1-11-34-43(8,53)37(50)29(6)45-23-25(2)22-42(7)38(56-41-35(49)33(47(9)10)20-26(3)54-41)27(4)36(28(5)40(52)55-34)57-44(58-42)16-18-48(19-17-44)39(51)31-21-30-14-12-13-15-32(30)46-24-31/h12-15,21,24-29,33-38,41,45,49-50,53H,11,16-20,22-23H2,1-10H3/t25-,26-,27+,28-,29-,33+,34-,35-,36+,37-,38-,41+,42-,43-/m1/s1. The molecule has 4 saturated heterocycles. The molecule has 2 aromatic rings. The number of nitrogens with zero attached hydrogens (tertiary/aromatic N) is 3. The molecule has 14 nitrogen and oxygen atoms in total. The molecular formula is C44H68N4O10. The van der Waals surface area contributed by atoms with Gasteiger partial charge in [-0.1, -0.05) is 39.0 Å². The number of cyclic esters (lactones) is 1. The van der Waals surface area contributed by atoms with Crippen molar-refractivity contribution >= 4 is 22.8 Å². The molecule has 58 heavy (non-hydrogen) atoms. The number of pyridine rings is 1. The highest BCUT2D eigenvalue weighted by Gasteiger charge is 2.58. The van der Waals surface area contributed by atoms with Gasteiger partial charge in [0, 0.05) is 55.5 Å². The van der Waals surface area contributed by atoms with Crippen molar-refractivity contribution in [2.24, 2.45) is 17.8 Å². The predicted molar refractivity (Wildman–Crippen MR) is 218 cm³/mol. The second-order valence-corrected chi connectivity index (χ2v) is 18.4. The molecule has 4 N–H and O–H groups in total. The Balaban J connectivity index is 1.39. The van der Waals surface area contributed by atoms with Crippen molar-refractivity contribution in [3.05, 3.63) is 42.1 Å². The largest absolute Gasteiger partial charge is 0.459 e. The summed E-state index contributed by atoms with van der Waals surface area (Å²) >= 11 is 0. The van der Waals surface area contributed by atoms with Crippen LogP contribution in [0.3, 0.4) is 0 Å². The quantitative estimate of drug-likeness (QED) is 0.321. The van der Waals surface area contributed by atoms with E-state index < -0.39 is 77.6 Å². The number of hydrogen-bond acceptors (Lipinski definition) is 13. The molecule has 0 aliphatic carbocycles. The van der Waals surface area contributed by atoms with Gasteiger partial charge in [0.05, 0.1) is 40.9 Å². The molecule has 14 atom stereocenters. The van der Waals surface area contributed by atoms with Crippen molar-refractivity contribution in [3.63, 3.8) is 0 Å². The Bertz CT molecular complexity index is 1740. The van der Waals surface area contributed by atoms with Crippen molar-refractivity contribution in [1.82, 2.24) is 20.1 Å². The lowest BCUT2D eigenvalue weighted by Gasteiger charge is -2.49. The minimum absolute atomic E-state index is 0.0494. The summed E-state index contributed by atoms with van der Waals surface area (Å²) in [5.41, 5.74) is -1.51. The zero-order valence-corrected chi connectivity index (χ0v) is 36.1. The number of carbonyl (C=O) groups is 2. The minimum Gasteiger partial charge on any atom is -0.459 e. The maximum Gasteiger partial charge on any atom is 0.311 e. The topological polar surface area (TPSA) is 172 Å². The first-order chi connectivity index (χ1) is 27.3. The van der Waals surface area contributed by atoms with Crippen LogP contribution in [-0.2, 0) is 28.5 Å². The van der Waals surface area contributed by atoms with Crippen molar-refractivity contribution in [2.45, 2.75) is 159 Å². The molecule has 14 heteroatoms. The third kappa shape index (κ3) is 9.11. The molecule has 2 bridgehead atoms.